The van der Waals surface area contributed by atoms with Crippen LogP contribution < -0.4 is 4.74 Å². The van der Waals surface area contributed by atoms with E-state index in [1.165, 1.54) is 5.56 Å². The third-order valence-corrected chi connectivity index (χ3v) is 2.72. The van der Waals surface area contributed by atoms with Gasteiger partial charge in [0.15, 0.2) is 0 Å². The molecule has 17 heavy (non-hydrogen) atoms. The third kappa shape index (κ3) is 3.46. The van der Waals surface area contributed by atoms with Crippen molar-refractivity contribution in [2.75, 3.05) is 0 Å². The van der Waals surface area contributed by atoms with Crippen LogP contribution in [0.3, 0.4) is 0 Å². The molecule has 0 amide bonds. The fraction of sp³-hybridized carbons (Fsp3) is 0.214. The lowest BCUT2D eigenvalue weighted by molar-refractivity contribution is 0.305. The van der Waals surface area contributed by atoms with Crippen molar-refractivity contribution in [2.45, 2.75) is 20.0 Å². The normalized spacial score (nSPS) is 10.2. The standard InChI is InChI=1S/C14H14ClNO/c1-2-11-4-3-5-13(8-11)17-10-12-6-7-14(15)16-9-12/h3-9H,2,10H2,1H3. The summed E-state index contributed by atoms with van der Waals surface area (Å²) in [6, 6.07) is 11.8. The molecule has 0 fully saturated rings. The lowest BCUT2D eigenvalue weighted by Crippen LogP contribution is -1.96. The Morgan fingerprint density at radius 1 is 1.18 bits per heavy atom. The fourth-order valence-corrected chi connectivity index (χ4v) is 1.63. The molecule has 2 nitrogen and oxygen atoms in total. The van der Waals surface area contributed by atoms with Gasteiger partial charge in [0.25, 0.3) is 0 Å². The Morgan fingerprint density at radius 3 is 2.76 bits per heavy atom. The number of aromatic nitrogens is 1. The van der Waals surface area contributed by atoms with E-state index < -0.39 is 0 Å². The van der Waals surface area contributed by atoms with Crippen molar-refractivity contribution < 1.29 is 4.74 Å². The zero-order chi connectivity index (χ0) is 12.1. The van der Waals surface area contributed by atoms with Gasteiger partial charge in [0, 0.05) is 11.8 Å². The van der Waals surface area contributed by atoms with Crippen LogP contribution in [0.15, 0.2) is 42.6 Å². The molecule has 0 radical (unpaired) electrons. The minimum atomic E-state index is 0.502. The first-order valence-electron chi connectivity index (χ1n) is 5.60. The van der Waals surface area contributed by atoms with Crippen molar-refractivity contribution in [1.82, 2.24) is 4.98 Å². The monoisotopic (exact) mass is 247 g/mol. The van der Waals surface area contributed by atoms with Gasteiger partial charge in [0.1, 0.15) is 17.5 Å². The van der Waals surface area contributed by atoms with Crippen LogP contribution in [0.5, 0.6) is 5.75 Å². The second kappa shape index (κ2) is 5.69. The molecule has 3 heteroatoms. The fourth-order valence-electron chi connectivity index (χ4n) is 1.51. The molecule has 0 aliphatic rings. The van der Waals surface area contributed by atoms with Crippen LogP contribution in [0.2, 0.25) is 5.15 Å². The number of hydrogen-bond donors (Lipinski definition) is 0. The van der Waals surface area contributed by atoms with Crippen LogP contribution in [0.4, 0.5) is 0 Å². The molecule has 88 valence electrons. The molecule has 0 aliphatic carbocycles. The van der Waals surface area contributed by atoms with E-state index in [0.29, 0.717) is 11.8 Å². The summed E-state index contributed by atoms with van der Waals surface area (Å²) in [6.07, 6.45) is 2.74. The van der Waals surface area contributed by atoms with Crippen molar-refractivity contribution in [3.63, 3.8) is 0 Å². The summed E-state index contributed by atoms with van der Waals surface area (Å²) in [4.78, 5) is 4.01. The van der Waals surface area contributed by atoms with Gasteiger partial charge >= 0.3 is 0 Å². The lowest BCUT2D eigenvalue weighted by atomic mass is 10.2. The van der Waals surface area contributed by atoms with Gasteiger partial charge in [-0.15, -0.1) is 0 Å². The average Bonchev–Trinajstić information content (AvgIpc) is 2.38. The molecule has 2 rings (SSSR count). The molecule has 0 N–H and O–H groups in total. The number of rotatable bonds is 4. The Kier molecular flexibility index (Phi) is 3.99. The Hall–Kier alpha value is -1.54. The van der Waals surface area contributed by atoms with E-state index in [2.05, 4.69) is 24.0 Å². The number of ether oxygens (including phenoxy) is 1. The summed E-state index contributed by atoms with van der Waals surface area (Å²) in [5.74, 6) is 0.888. The van der Waals surface area contributed by atoms with Crippen molar-refractivity contribution in [3.8, 4) is 5.75 Å². The lowest BCUT2D eigenvalue weighted by Gasteiger charge is -2.07. The maximum Gasteiger partial charge on any atom is 0.129 e. The first-order valence-corrected chi connectivity index (χ1v) is 5.98. The van der Waals surface area contributed by atoms with Crippen LogP contribution in [-0.2, 0) is 13.0 Å². The van der Waals surface area contributed by atoms with Gasteiger partial charge in [-0.05, 0) is 30.2 Å². The van der Waals surface area contributed by atoms with E-state index in [1.54, 1.807) is 12.3 Å². The quantitative estimate of drug-likeness (QED) is 0.765. The van der Waals surface area contributed by atoms with Crippen molar-refractivity contribution in [3.05, 3.63) is 58.9 Å². The minimum absolute atomic E-state index is 0.502. The van der Waals surface area contributed by atoms with Gasteiger partial charge in [-0.1, -0.05) is 36.7 Å². The van der Waals surface area contributed by atoms with Crippen LogP contribution in [0.25, 0.3) is 0 Å². The summed E-state index contributed by atoms with van der Waals surface area (Å²) in [5, 5.41) is 0.502. The van der Waals surface area contributed by atoms with Crippen LogP contribution in [0.1, 0.15) is 18.1 Å². The number of aryl methyl sites for hydroxylation is 1. The Balaban J connectivity index is 1.99. The molecule has 0 spiro atoms. The number of benzene rings is 1. The molecule has 1 aromatic carbocycles. The molecular formula is C14H14ClNO. The van der Waals surface area contributed by atoms with E-state index in [1.807, 2.05) is 18.2 Å². The maximum atomic E-state index is 5.72. The maximum absolute atomic E-state index is 5.72. The molecule has 0 saturated heterocycles. The predicted octanol–water partition coefficient (Wildman–Crippen LogP) is 3.88. The highest BCUT2D eigenvalue weighted by Crippen LogP contribution is 2.15. The number of pyridine rings is 1. The van der Waals surface area contributed by atoms with Gasteiger partial charge in [-0.2, -0.15) is 0 Å². The van der Waals surface area contributed by atoms with Crippen LogP contribution in [0, 0.1) is 0 Å². The number of halogens is 1. The molecular weight excluding hydrogens is 234 g/mol. The Morgan fingerprint density at radius 2 is 2.06 bits per heavy atom. The van der Waals surface area contributed by atoms with E-state index in [4.69, 9.17) is 16.3 Å². The second-order valence-corrected chi connectivity index (χ2v) is 4.17. The Labute approximate surface area is 106 Å². The number of nitrogens with zero attached hydrogens (tertiary/aromatic N) is 1. The van der Waals surface area contributed by atoms with E-state index in [9.17, 15) is 0 Å². The molecule has 1 aromatic heterocycles. The highest BCUT2D eigenvalue weighted by molar-refractivity contribution is 6.29. The second-order valence-electron chi connectivity index (χ2n) is 3.78. The van der Waals surface area contributed by atoms with E-state index >= 15 is 0 Å². The molecule has 0 aliphatic heterocycles. The van der Waals surface area contributed by atoms with Crippen molar-refractivity contribution in [2.24, 2.45) is 0 Å². The predicted molar refractivity (Wildman–Crippen MR) is 69.4 cm³/mol. The first-order chi connectivity index (χ1) is 8.28. The van der Waals surface area contributed by atoms with Crippen LogP contribution in [-0.4, -0.2) is 4.98 Å². The van der Waals surface area contributed by atoms with Gasteiger partial charge in [0.2, 0.25) is 0 Å². The summed E-state index contributed by atoms with van der Waals surface area (Å²) in [7, 11) is 0. The summed E-state index contributed by atoms with van der Waals surface area (Å²) in [5.41, 5.74) is 2.29. The Bertz CT molecular complexity index is 482. The van der Waals surface area contributed by atoms with Gasteiger partial charge in [0.05, 0.1) is 0 Å². The highest BCUT2D eigenvalue weighted by atomic mass is 35.5. The van der Waals surface area contributed by atoms with Gasteiger partial charge in [-0.25, -0.2) is 4.98 Å². The zero-order valence-electron chi connectivity index (χ0n) is 9.69. The van der Waals surface area contributed by atoms with E-state index in [-0.39, 0.29) is 0 Å². The first kappa shape index (κ1) is 11.9. The molecule has 0 unspecified atom stereocenters. The molecule has 1 heterocycles. The SMILES string of the molecule is CCc1cccc(OCc2ccc(Cl)nc2)c1. The third-order valence-electron chi connectivity index (χ3n) is 2.50. The van der Waals surface area contributed by atoms with E-state index in [0.717, 1.165) is 17.7 Å². The smallest absolute Gasteiger partial charge is 0.129 e. The van der Waals surface area contributed by atoms with Crippen molar-refractivity contribution in [1.29, 1.82) is 0 Å². The highest BCUT2D eigenvalue weighted by Gasteiger charge is 1.98. The average molecular weight is 248 g/mol. The van der Waals surface area contributed by atoms with Crippen molar-refractivity contribution >= 4 is 11.6 Å². The number of hydrogen-bond acceptors (Lipinski definition) is 2. The largest absolute Gasteiger partial charge is 0.489 e. The molecule has 0 bridgehead atoms. The van der Waals surface area contributed by atoms with Crippen LogP contribution >= 0.6 is 11.6 Å². The molecule has 0 saturated carbocycles. The minimum Gasteiger partial charge on any atom is -0.489 e. The molecule has 0 atom stereocenters. The topological polar surface area (TPSA) is 22.1 Å². The zero-order valence-corrected chi connectivity index (χ0v) is 10.4. The summed E-state index contributed by atoms with van der Waals surface area (Å²) < 4.78 is 5.69. The molecule has 2 aromatic rings. The van der Waals surface area contributed by atoms with Gasteiger partial charge in [-0.3, -0.25) is 0 Å². The van der Waals surface area contributed by atoms with Gasteiger partial charge < -0.3 is 4.74 Å². The summed E-state index contributed by atoms with van der Waals surface area (Å²) >= 11 is 5.72. The summed E-state index contributed by atoms with van der Waals surface area (Å²) in [6.45, 7) is 2.64.